The topological polar surface area (TPSA) is 51.5 Å². The number of rotatable bonds is 4. The third-order valence-electron chi connectivity index (χ3n) is 6.43. The van der Waals surface area contributed by atoms with Gasteiger partial charge in [0.25, 0.3) is 5.56 Å². The zero-order chi connectivity index (χ0) is 21.5. The molecule has 31 heavy (non-hydrogen) atoms. The summed E-state index contributed by atoms with van der Waals surface area (Å²) >= 11 is 0. The molecule has 0 radical (unpaired) electrons. The molecule has 158 valence electrons. The van der Waals surface area contributed by atoms with Gasteiger partial charge >= 0.3 is 0 Å². The highest BCUT2D eigenvalue weighted by Gasteiger charge is 2.22. The summed E-state index contributed by atoms with van der Waals surface area (Å²) in [6, 6.07) is 15.9. The fraction of sp³-hybridized carbons (Fsp3) is 0.308. The van der Waals surface area contributed by atoms with E-state index in [0.717, 1.165) is 56.1 Å². The van der Waals surface area contributed by atoms with Gasteiger partial charge in [-0.3, -0.25) is 14.5 Å². The monoisotopic (exact) mass is 414 g/mol. The number of hydrogen-bond acceptors (Lipinski definition) is 4. The highest BCUT2D eigenvalue weighted by molar-refractivity contribution is 5.95. The molecule has 0 spiro atoms. The van der Waals surface area contributed by atoms with Gasteiger partial charge in [-0.05, 0) is 47.4 Å². The van der Waals surface area contributed by atoms with E-state index < -0.39 is 0 Å². The average Bonchev–Trinajstić information content (AvgIpc) is 3.24. The molecule has 5 nitrogen and oxygen atoms in total. The fourth-order valence-corrected chi connectivity index (χ4v) is 4.73. The first-order chi connectivity index (χ1) is 15.0. The number of ether oxygens (including phenoxy) is 1. The molecule has 3 aromatic rings. The molecule has 0 aliphatic carbocycles. The predicted molar refractivity (Wildman–Crippen MR) is 121 cm³/mol. The standard InChI is InChI=1S/C26H26N2O3/c1-17(29)19-4-3-5-20(13-19)23-14-22-16-28(10-8-24(22)27(2)26(23)30)15-18-6-7-25-21(12-18)9-11-31-25/h3-7,12-14H,8-11,15-16H2,1-2H3. The molecular weight excluding hydrogens is 388 g/mol. The first kappa shape index (κ1) is 19.8. The molecule has 1 aromatic heterocycles. The third-order valence-corrected chi connectivity index (χ3v) is 6.43. The number of benzene rings is 2. The molecule has 0 fully saturated rings. The molecule has 2 aromatic carbocycles. The van der Waals surface area contributed by atoms with Crippen LogP contribution in [0.4, 0.5) is 0 Å². The van der Waals surface area contributed by atoms with Crippen LogP contribution in [0.15, 0.2) is 53.3 Å². The van der Waals surface area contributed by atoms with Crippen molar-refractivity contribution in [1.29, 1.82) is 0 Å². The zero-order valence-electron chi connectivity index (χ0n) is 18.0. The van der Waals surface area contributed by atoms with Gasteiger partial charge in [0.15, 0.2) is 5.78 Å². The van der Waals surface area contributed by atoms with E-state index in [1.54, 1.807) is 17.6 Å². The zero-order valence-corrected chi connectivity index (χ0v) is 18.0. The van der Waals surface area contributed by atoms with Gasteiger partial charge in [0.2, 0.25) is 0 Å². The van der Waals surface area contributed by atoms with E-state index >= 15 is 0 Å². The lowest BCUT2D eigenvalue weighted by molar-refractivity contribution is 0.101. The number of ketones is 1. The largest absolute Gasteiger partial charge is 0.493 e. The number of aromatic nitrogens is 1. The van der Waals surface area contributed by atoms with Crippen LogP contribution in [0.3, 0.4) is 0 Å². The Labute approximate surface area is 181 Å². The van der Waals surface area contributed by atoms with Gasteiger partial charge in [-0.1, -0.05) is 30.3 Å². The van der Waals surface area contributed by atoms with E-state index in [9.17, 15) is 9.59 Å². The van der Waals surface area contributed by atoms with Gasteiger partial charge in [0.05, 0.1) is 6.61 Å². The maximum atomic E-state index is 13.1. The second kappa shape index (κ2) is 7.82. The summed E-state index contributed by atoms with van der Waals surface area (Å²) in [5, 5.41) is 0. The first-order valence-electron chi connectivity index (χ1n) is 10.8. The van der Waals surface area contributed by atoms with E-state index in [1.807, 2.05) is 31.3 Å². The van der Waals surface area contributed by atoms with Crippen molar-refractivity contribution in [3.05, 3.63) is 86.8 Å². The van der Waals surface area contributed by atoms with Gasteiger partial charge in [0, 0.05) is 56.3 Å². The minimum atomic E-state index is -0.00785. The lowest BCUT2D eigenvalue weighted by Gasteiger charge is -2.30. The molecule has 5 heteroatoms. The highest BCUT2D eigenvalue weighted by Crippen LogP contribution is 2.28. The predicted octanol–water partition coefficient (Wildman–Crippen LogP) is 3.75. The molecule has 0 atom stereocenters. The van der Waals surface area contributed by atoms with E-state index in [1.165, 1.54) is 16.7 Å². The molecule has 0 saturated heterocycles. The fourth-order valence-electron chi connectivity index (χ4n) is 4.73. The summed E-state index contributed by atoms with van der Waals surface area (Å²) in [6.07, 6.45) is 1.83. The van der Waals surface area contributed by atoms with Crippen LogP contribution in [0.2, 0.25) is 0 Å². The van der Waals surface area contributed by atoms with Crippen LogP contribution in [-0.4, -0.2) is 28.4 Å². The Bertz CT molecular complexity index is 1240. The van der Waals surface area contributed by atoms with Crippen LogP contribution in [-0.2, 0) is 33.0 Å². The van der Waals surface area contributed by atoms with Crippen LogP contribution >= 0.6 is 0 Å². The lowest BCUT2D eigenvalue weighted by atomic mass is 9.97. The molecule has 5 rings (SSSR count). The first-order valence-corrected chi connectivity index (χ1v) is 10.8. The Kier molecular flexibility index (Phi) is 4.98. The van der Waals surface area contributed by atoms with Gasteiger partial charge in [-0.25, -0.2) is 0 Å². The summed E-state index contributed by atoms with van der Waals surface area (Å²) in [6.45, 7) is 4.93. The van der Waals surface area contributed by atoms with Crippen molar-refractivity contribution in [3.8, 4) is 16.9 Å². The number of Topliss-reactive ketones (excluding diaryl/α,β-unsaturated/α-hetero) is 1. The second-order valence-corrected chi connectivity index (χ2v) is 8.53. The van der Waals surface area contributed by atoms with Crippen LogP contribution in [0.25, 0.3) is 11.1 Å². The molecule has 0 N–H and O–H groups in total. The molecule has 0 amide bonds. The Morgan fingerprint density at radius 1 is 1.06 bits per heavy atom. The van der Waals surface area contributed by atoms with E-state index in [2.05, 4.69) is 23.1 Å². The maximum absolute atomic E-state index is 13.1. The van der Waals surface area contributed by atoms with Gasteiger partial charge in [-0.15, -0.1) is 0 Å². The van der Waals surface area contributed by atoms with Crippen LogP contribution in [0.5, 0.6) is 5.75 Å². The summed E-state index contributed by atoms with van der Waals surface area (Å²) in [4.78, 5) is 27.3. The quantitative estimate of drug-likeness (QED) is 0.610. The molecule has 0 saturated carbocycles. The molecule has 2 aliphatic heterocycles. The third kappa shape index (κ3) is 3.70. The minimum absolute atomic E-state index is 0.00237. The van der Waals surface area contributed by atoms with Crippen LogP contribution in [0, 0.1) is 0 Å². The summed E-state index contributed by atoms with van der Waals surface area (Å²) in [5.41, 5.74) is 6.95. The summed E-state index contributed by atoms with van der Waals surface area (Å²) in [7, 11) is 1.86. The molecule has 2 aliphatic rings. The molecule has 0 bridgehead atoms. The Morgan fingerprint density at radius 3 is 2.77 bits per heavy atom. The van der Waals surface area contributed by atoms with Crippen LogP contribution < -0.4 is 10.3 Å². The van der Waals surface area contributed by atoms with Crippen molar-refractivity contribution in [2.45, 2.75) is 32.9 Å². The van der Waals surface area contributed by atoms with Crippen molar-refractivity contribution >= 4 is 5.78 Å². The van der Waals surface area contributed by atoms with Crippen molar-refractivity contribution in [2.75, 3.05) is 13.2 Å². The van der Waals surface area contributed by atoms with Crippen molar-refractivity contribution in [2.24, 2.45) is 7.05 Å². The Morgan fingerprint density at radius 2 is 1.94 bits per heavy atom. The van der Waals surface area contributed by atoms with E-state index in [4.69, 9.17) is 4.74 Å². The molecule has 0 unspecified atom stereocenters. The maximum Gasteiger partial charge on any atom is 0.258 e. The second-order valence-electron chi connectivity index (χ2n) is 8.53. The summed E-state index contributed by atoms with van der Waals surface area (Å²) in [5.74, 6) is 1.02. The molecule has 3 heterocycles. The highest BCUT2D eigenvalue weighted by atomic mass is 16.5. The number of carbonyl (C=O) groups is 1. The molecular formula is C26H26N2O3. The number of carbonyl (C=O) groups excluding carboxylic acids is 1. The van der Waals surface area contributed by atoms with Crippen LogP contribution in [0.1, 0.15) is 39.7 Å². The number of pyridine rings is 1. The van der Waals surface area contributed by atoms with Gasteiger partial charge in [-0.2, -0.15) is 0 Å². The minimum Gasteiger partial charge on any atom is -0.493 e. The van der Waals surface area contributed by atoms with Crippen molar-refractivity contribution in [1.82, 2.24) is 9.47 Å². The van der Waals surface area contributed by atoms with Crippen molar-refractivity contribution < 1.29 is 9.53 Å². The number of nitrogens with zero attached hydrogens (tertiary/aromatic N) is 2. The van der Waals surface area contributed by atoms with Gasteiger partial charge < -0.3 is 9.30 Å². The SMILES string of the molecule is CC(=O)c1cccc(-c2cc3c(n(C)c2=O)CCN(Cc2ccc4c(c2)CCO4)C3)c1. The summed E-state index contributed by atoms with van der Waals surface area (Å²) < 4.78 is 7.41. The normalized spacial score (nSPS) is 15.3. The average molecular weight is 415 g/mol. The van der Waals surface area contributed by atoms with E-state index in [0.29, 0.717) is 11.1 Å². The van der Waals surface area contributed by atoms with E-state index in [-0.39, 0.29) is 11.3 Å². The van der Waals surface area contributed by atoms with Gasteiger partial charge in [0.1, 0.15) is 5.75 Å². The number of hydrogen-bond donors (Lipinski definition) is 0. The lowest BCUT2D eigenvalue weighted by Crippen LogP contribution is -2.35. The Hall–Kier alpha value is -3.18. The Balaban J connectivity index is 1.45. The number of fused-ring (bicyclic) bond motifs is 2. The smallest absolute Gasteiger partial charge is 0.258 e. The van der Waals surface area contributed by atoms with Crippen molar-refractivity contribution in [3.63, 3.8) is 0 Å².